The molecule has 218 valence electrons. The van der Waals surface area contributed by atoms with Crippen LogP contribution in [0.4, 0.5) is 10.5 Å². The van der Waals surface area contributed by atoms with E-state index >= 15 is 0 Å². The Kier molecular flexibility index (Phi) is 9.57. The first-order valence-electron chi connectivity index (χ1n) is 13.9. The zero-order chi connectivity index (χ0) is 28.9. The van der Waals surface area contributed by atoms with Gasteiger partial charge in [0.1, 0.15) is 11.9 Å². The number of sulfonamides is 1. The van der Waals surface area contributed by atoms with Crippen LogP contribution in [0.2, 0.25) is 0 Å². The molecule has 4 rings (SSSR count). The summed E-state index contributed by atoms with van der Waals surface area (Å²) in [5.41, 5.74) is 0.394. The molecule has 0 bridgehead atoms. The highest BCUT2D eigenvalue weighted by Crippen LogP contribution is 2.31. The number of rotatable bonds is 8. The summed E-state index contributed by atoms with van der Waals surface area (Å²) in [7, 11) is -2.14. The number of amides is 3. The van der Waals surface area contributed by atoms with Gasteiger partial charge in [0.15, 0.2) is 0 Å². The van der Waals surface area contributed by atoms with Gasteiger partial charge in [-0.25, -0.2) is 13.2 Å². The van der Waals surface area contributed by atoms with Crippen LogP contribution in [0, 0.1) is 5.92 Å². The number of carbonyl (C=O) groups is 2. The molecule has 3 N–H and O–H groups in total. The lowest BCUT2D eigenvalue weighted by atomic mass is 9.96. The topological polar surface area (TPSA) is 128 Å². The van der Waals surface area contributed by atoms with Crippen molar-refractivity contribution >= 4 is 27.6 Å². The van der Waals surface area contributed by atoms with Gasteiger partial charge in [-0.2, -0.15) is 0 Å². The fourth-order valence-electron chi connectivity index (χ4n) is 5.20. The van der Waals surface area contributed by atoms with Gasteiger partial charge in [0.25, 0.3) is 15.9 Å². The Morgan fingerprint density at radius 2 is 1.85 bits per heavy atom. The van der Waals surface area contributed by atoms with Gasteiger partial charge < -0.3 is 25.0 Å². The number of hydrogen-bond acceptors (Lipinski definition) is 6. The monoisotopic (exact) mass is 572 g/mol. The second-order valence-electron chi connectivity index (χ2n) is 10.9. The predicted octanol–water partition coefficient (Wildman–Crippen LogP) is 3.68. The van der Waals surface area contributed by atoms with E-state index in [0.717, 1.165) is 25.7 Å². The first-order chi connectivity index (χ1) is 19.1. The summed E-state index contributed by atoms with van der Waals surface area (Å²) in [5, 5.41) is 13.0. The maximum Gasteiger partial charge on any atom is 0.317 e. The Balaban J connectivity index is 1.59. The molecule has 3 atom stereocenters. The summed E-state index contributed by atoms with van der Waals surface area (Å²) >= 11 is 0. The lowest BCUT2D eigenvalue weighted by Crippen LogP contribution is -2.52. The van der Waals surface area contributed by atoms with E-state index in [0.29, 0.717) is 12.3 Å². The standard InChI is InChI=1S/C29H40N4O6S/c1-20-17-33(21(2)19-34)28(35)25-16-23(31-40(37,38)24-12-8-5-9-13-24)14-15-26(25)39-27(20)18-32(3)29(36)30-22-10-6-4-7-11-22/h5,8-9,12-16,20-22,27,31,34H,4,6-7,10-11,17-19H2,1-3H3,(H,30,36)/t20-,21+,27+/m1/s1. The van der Waals surface area contributed by atoms with Crippen molar-refractivity contribution in [1.29, 1.82) is 0 Å². The van der Waals surface area contributed by atoms with Crippen LogP contribution in [-0.2, 0) is 10.0 Å². The summed E-state index contributed by atoms with van der Waals surface area (Å²) in [4.78, 5) is 29.9. The van der Waals surface area contributed by atoms with Crippen LogP contribution in [0.25, 0.3) is 0 Å². The molecule has 10 nitrogen and oxygen atoms in total. The molecule has 0 saturated heterocycles. The van der Waals surface area contributed by atoms with Crippen molar-refractivity contribution in [3.05, 3.63) is 54.1 Å². The Bertz CT molecular complexity index is 1280. The van der Waals surface area contributed by atoms with E-state index in [-0.39, 0.29) is 53.2 Å². The Hall–Kier alpha value is -3.31. The van der Waals surface area contributed by atoms with Crippen molar-refractivity contribution in [2.24, 2.45) is 5.92 Å². The second kappa shape index (κ2) is 12.9. The molecule has 1 fully saturated rings. The van der Waals surface area contributed by atoms with Gasteiger partial charge >= 0.3 is 6.03 Å². The summed E-state index contributed by atoms with van der Waals surface area (Å²) in [5.74, 6) is -0.237. The average Bonchev–Trinajstić information content (AvgIpc) is 2.95. The molecule has 1 aliphatic heterocycles. The van der Waals surface area contributed by atoms with Gasteiger partial charge in [0.2, 0.25) is 0 Å². The van der Waals surface area contributed by atoms with E-state index in [4.69, 9.17) is 4.74 Å². The predicted molar refractivity (Wildman–Crippen MR) is 153 cm³/mol. The van der Waals surface area contributed by atoms with Crippen molar-refractivity contribution < 1.29 is 27.9 Å². The lowest BCUT2D eigenvalue weighted by molar-refractivity contribution is 0.0366. The van der Waals surface area contributed by atoms with Crippen LogP contribution in [0.3, 0.4) is 0 Å². The van der Waals surface area contributed by atoms with Crippen LogP contribution in [-0.4, -0.2) is 80.2 Å². The van der Waals surface area contributed by atoms with Crippen molar-refractivity contribution in [3.63, 3.8) is 0 Å². The largest absolute Gasteiger partial charge is 0.487 e. The number of nitrogens with zero attached hydrogens (tertiary/aromatic N) is 2. The molecular formula is C29H40N4O6S. The highest BCUT2D eigenvalue weighted by Gasteiger charge is 2.34. The van der Waals surface area contributed by atoms with Gasteiger partial charge in [0.05, 0.1) is 29.7 Å². The molecule has 1 heterocycles. The summed E-state index contributed by atoms with van der Waals surface area (Å²) < 4.78 is 34.7. The fraction of sp³-hybridized carbons (Fsp3) is 0.517. The summed E-state index contributed by atoms with van der Waals surface area (Å²) in [6.45, 7) is 4.06. The van der Waals surface area contributed by atoms with Crippen molar-refractivity contribution in [1.82, 2.24) is 15.1 Å². The number of benzene rings is 2. The zero-order valence-corrected chi connectivity index (χ0v) is 24.2. The molecule has 0 aromatic heterocycles. The van der Waals surface area contributed by atoms with Crippen molar-refractivity contribution in [2.45, 2.75) is 69.0 Å². The molecule has 0 spiro atoms. The summed E-state index contributed by atoms with van der Waals surface area (Å²) in [6, 6.07) is 12.1. The number of fused-ring (bicyclic) bond motifs is 1. The van der Waals surface area contributed by atoms with Crippen molar-refractivity contribution in [2.75, 3.05) is 31.5 Å². The van der Waals surface area contributed by atoms with Crippen molar-refractivity contribution in [3.8, 4) is 5.75 Å². The van der Waals surface area contributed by atoms with E-state index in [2.05, 4.69) is 10.0 Å². The number of nitrogens with one attached hydrogen (secondary N) is 2. The summed E-state index contributed by atoms with van der Waals surface area (Å²) in [6.07, 6.45) is 4.95. The van der Waals surface area contributed by atoms with Gasteiger partial charge in [-0.05, 0) is 50.1 Å². The lowest BCUT2D eigenvalue weighted by Gasteiger charge is -2.38. The molecule has 2 aromatic carbocycles. The number of aliphatic hydroxyl groups is 1. The molecule has 3 amide bonds. The smallest absolute Gasteiger partial charge is 0.317 e. The number of carbonyl (C=O) groups excluding carboxylic acids is 2. The SMILES string of the molecule is C[C@@H]1CN([C@@H](C)CO)C(=O)c2cc(NS(=O)(=O)c3ccccc3)ccc2O[C@H]1CN(C)C(=O)NC1CCCCC1. The number of hydrogen-bond donors (Lipinski definition) is 3. The van der Waals surface area contributed by atoms with E-state index in [1.807, 2.05) is 6.92 Å². The molecule has 2 aliphatic rings. The third-order valence-electron chi connectivity index (χ3n) is 7.70. The van der Waals surface area contributed by atoms with E-state index in [1.165, 1.54) is 24.6 Å². The van der Waals surface area contributed by atoms with Gasteiger partial charge in [-0.3, -0.25) is 9.52 Å². The maximum atomic E-state index is 13.7. The number of urea groups is 1. The number of anilines is 1. The number of ether oxygens (including phenoxy) is 1. The minimum absolute atomic E-state index is 0.100. The second-order valence-corrected chi connectivity index (χ2v) is 12.6. The van der Waals surface area contributed by atoms with E-state index < -0.39 is 22.2 Å². The molecule has 11 heteroatoms. The molecule has 0 radical (unpaired) electrons. The van der Waals surface area contributed by atoms with Crippen LogP contribution in [0.5, 0.6) is 5.75 Å². The molecule has 1 aliphatic carbocycles. The van der Waals surface area contributed by atoms with Crippen LogP contribution in [0.15, 0.2) is 53.4 Å². The first kappa shape index (κ1) is 29.7. The van der Waals surface area contributed by atoms with Crippen LogP contribution < -0.4 is 14.8 Å². The Labute approximate surface area is 236 Å². The third-order valence-corrected chi connectivity index (χ3v) is 9.10. The molecule has 0 unspecified atom stereocenters. The fourth-order valence-corrected chi connectivity index (χ4v) is 6.27. The molecular weight excluding hydrogens is 532 g/mol. The zero-order valence-electron chi connectivity index (χ0n) is 23.4. The Morgan fingerprint density at radius 3 is 2.52 bits per heavy atom. The van der Waals surface area contributed by atoms with Crippen LogP contribution >= 0.6 is 0 Å². The number of likely N-dealkylation sites (N-methyl/N-ethyl adjacent to an activating group) is 1. The normalized spacial score (nSPS) is 20.9. The average molecular weight is 573 g/mol. The van der Waals surface area contributed by atoms with Crippen LogP contribution in [0.1, 0.15) is 56.3 Å². The number of aliphatic hydroxyl groups excluding tert-OH is 1. The third kappa shape index (κ3) is 7.06. The van der Waals surface area contributed by atoms with Gasteiger partial charge in [0, 0.05) is 31.2 Å². The molecule has 2 aromatic rings. The highest BCUT2D eigenvalue weighted by atomic mass is 32.2. The van der Waals surface area contributed by atoms with Gasteiger partial charge in [-0.1, -0.05) is 44.4 Å². The highest BCUT2D eigenvalue weighted by molar-refractivity contribution is 7.92. The Morgan fingerprint density at radius 1 is 1.15 bits per heavy atom. The van der Waals surface area contributed by atoms with Gasteiger partial charge in [-0.15, -0.1) is 0 Å². The molecule has 1 saturated carbocycles. The first-order valence-corrected chi connectivity index (χ1v) is 15.4. The minimum Gasteiger partial charge on any atom is -0.487 e. The van der Waals surface area contributed by atoms with E-state index in [1.54, 1.807) is 54.1 Å². The van der Waals surface area contributed by atoms with E-state index in [9.17, 15) is 23.1 Å². The maximum absolute atomic E-state index is 13.7. The minimum atomic E-state index is -3.87. The molecule has 40 heavy (non-hydrogen) atoms. The quantitative estimate of drug-likeness (QED) is 0.443.